The van der Waals surface area contributed by atoms with Gasteiger partial charge >= 0.3 is 0 Å². The smallest absolute Gasteiger partial charge is 0.269 e. The Morgan fingerprint density at radius 2 is 1.75 bits per heavy atom. The summed E-state index contributed by atoms with van der Waals surface area (Å²) in [6.45, 7) is 3.45. The second-order valence-corrected chi connectivity index (χ2v) is 8.77. The van der Waals surface area contributed by atoms with Gasteiger partial charge in [-0.15, -0.1) is 0 Å². The summed E-state index contributed by atoms with van der Waals surface area (Å²) in [5.74, 6) is 0.0763. The fourth-order valence-corrected chi connectivity index (χ4v) is 5.56. The van der Waals surface area contributed by atoms with E-state index >= 15 is 0 Å². The zero-order chi connectivity index (χ0) is 19.5. The van der Waals surface area contributed by atoms with Crippen molar-refractivity contribution in [1.82, 2.24) is 4.90 Å². The van der Waals surface area contributed by atoms with Gasteiger partial charge < -0.3 is 4.90 Å². The first-order valence-corrected chi connectivity index (χ1v) is 11.2. The van der Waals surface area contributed by atoms with E-state index in [9.17, 15) is 4.79 Å². The highest BCUT2D eigenvalue weighted by molar-refractivity contribution is 8.19. The van der Waals surface area contributed by atoms with E-state index in [1.165, 1.54) is 16.7 Å². The normalized spacial score (nSPS) is 20.4. The monoisotopic (exact) mass is 409 g/mol. The molecule has 0 aromatic heterocycles. The molecule has 2 aromatic carbocycles. The highest BCUT2D eigenvalue weighted by Crippen LogP contribution is 2.49. The molecule has 2 heterocycles. The summed E-state index contributed by atoms with van der Waals surface area (Å²) in [6, 6.07) is 18.5. The summed E-state index contributed by atoms with van der Waals surface area (Å²) in [7, 11) is 2.03. The molecule has 0 N–H and O–H groups in total. The number of carbonyl (C=O) groups is 1. The lowest BCUT2D eigenvalue weighted by atomic mass is 10.2. The van der Waals surface area contributed by atoms with Crippen LogP contribution < -0.4 is 4.90 Å². The maximum atomic E-state index is 13.2. The third-order valence-electron chi connectivity index (χ3n) is 4.77. The fourth-order valence-electron chi connectivity index (χ4n) is 3.21. The number of carbonyl (C=O) groups excluding carboxylic acids is 1. The van der Waals surface area contributed by atoms with Gasteiger partial charge in [-0.3, -0.25) is 14.7 Å². The highest BCUT2D eigenvalue weighted by Gasteiger charge is 2.38. The summed E-state index contributed by atoms with van der Waals surface area (Å²) < 4.78 is 0. The van der Waals surface area contributed by atoms with Crippen LogP contribution in [0.25, 0.3) is 0 Å². The number of fused-ring (bicyclic) bond motifs is 1. The van der Waals surface area contributed by atoms with Gasteiger partial charge in [0, 0.05) is 18.5 Å². The number of amidine groups is 1. The first kappa shape index (κ1) is 19.2. The van der Waals surface area contributed by atoms with Crippen molar-refractivity contribution in [2.24, 2.45) is 4.99 Å². The average molecular weight is 410 g/mol. The largest absolute Gasteiger partial charge is 0.337 e. The number of amides is 1. The second kappa shape index (κ2) is 8.45. The van der Waals surface area contributed by atoms with Crippen molar-refractivity contribution in [3.8, 4) is 0 Å². The molecular weight excluding hydrogens is 386 g/mol. The molecule has 6 heteroatoms. The van der Waals surface area contributed by atoms with Crippen molar-refractivity contribution in [2.75, 3.05) is 18.5 Å². The van der Waals surface area contributed by atoms with E-state index in [-0.39, 0.29) is 5.91 Å². The molecule has 0 saturated carbocycles. The predicted octanol–water partition coefficient (Wildman–Crippen LogP) is 5.33. The van der Waals surface area contributed by atoms with Crippen LogP contribution in [0, 0.1) is 0 Å². The van der Waals surface area contributed by atoms with Crippen LogP contribution >= 0.6 is 23.5 Å². The van der Waals surface area contributed by atoms with Gasteiger partial charge in [0.05, 0.1) is 17.3 Å². The number of anilines is 1. The third-order valence-corrected chi connectivity index (χ3v) is 7.24. The molecule has 0 radical (unpaired) electrons. The first-order valence-electron chi connectivity index (χ1n) is 9.52. The van der Waals surface area contributed by atoms with Crippen molar-refractivity contribution in [3.63, 3.8) is 0 Å². The molecule has 0 unspecified atom stereocenters. The summed E-state index contributed by atoms with van der Waals surface area (Å²) in [5, 5.41) is 1.82. The van der Waals surface area contributed by atoms with Gasteiger partial charge in [0.1, 0.15) is 4.91 Å². The molecule has 0 atom stereocenters. The van der Waals surface area contributed by atoms with E-state index in [1.807, 2.05) is 42.3 Å². The Hall–Kier alpha value is -2.18. The fraction of sp³-hybridized carbons (Fsp3) is 0.273. The minimum absolute atomic E-state index is 0.0763. The zero-order valence-electron chi connectivity index (χ0n) is 16.1. The van der Waals surface area contributed by atoms with Crippen molar-refractivity contribution >= 4 is 40.3 Å². The van der Waals surface area contributed by atoms with Crippen molar-refractivity contribution < 1.29 is 4.79 Å². The molecule has 1 fully saturated rings. The summed E-state index contributed by atoms with van der Waals surface area (Å²) in [4.78, 5) is 24.0. The van der Waals surface area contributed by atoms with E-state index in [4.69, 9.17) is 4.99 Å². The molecule has 1 saturated heterocycles. The number of hydrogen-bond acceptors (Lipinski definition) is 5. The lowest BCUT2D eigenvalue weighted by molar-refractivity contribution is -0.122. The number of benzene rings is 2. The number of nitrogens with zero attached hydrogens (tertiary/aromatic N) is 3. The number of aliphatic imine (C=N–C) groups is 1. The Morgan fingerprint density at radius 3 is 2.50 bits per heavy atom. The maximum absolute atomic E-state index is 13.2. The highest BCUT2D eigenvalue weighted by atomic mass is 32.2. The number of para-hydroxylation sites is 1. The van der Waals surface area contributed by atoms with Gasteiger partial charge in [-0.1, -0.05) is 67.6 Å². The van der Waals surface area contributed by atoms with E-state index in [1.54, 1.807) is 11.8 Å². The third kappa shape index (κ3) is 3.71. The summed E-state index contributed by atoms with van der Waals surface area (Å²) >= 11 is 3.18. The zero-order valence-corrected chi connectivity index (χ0v) is 17.7. The van der Waals surface area contributed by atoms with Crippen LogP contribution in [-0.2, 0) is 11.3 Å². The average Bonchev–Trinajstić information content (AvgIpc) is 3.22. The number of rotatable bonds is 5. The standard InChI is InChI=1S/C22H23N3OS2/c1-3-4-14-25-20(26)19(21-24(2)17-12-8-9-13-18(17)27-21)28-22(25)23-15-16-10-6-5-7-11-16/h5-13H,3-4,14-15H2,1-2H3/b21-19-,23-22?. The molecule has 144 valence electrons. The van der Waals surface area contributed by atoms with E-state index in [0.29, 0.717) is 13.1 Å². The quantitative estimate of drug-likeness (QED) is 0.626. The number of unbranched alkanes of at least 4 members (excludes halogenated alkanes) is 1. The van der Waals surface area contributed by atoms with Crippen LogP contribution in [0.15, 0.2) is 74.4 Å². The molecule has 2 aliphatic heterocycles. The van der Waals surface area contributed by atoms with Crippen LogP contribution in [0.3, 0.4) is 0 Å². The minimum atomic E-state index is 0.0763. The molecule has 0 aliphatic carbocycles. The number of hydrogen-bond donors (Lipinski definition) is 0. The molecule has 2 aliphatic rings. The Kier molecular flexibility index (Phi) is 5.78. The lowest BCUT2D eigenvalue weighted by Gasteiger charge is -2.16. The van der Waals surface area contributed by atoms with Crippen LogP contribution in [0.1, 0.15) is 25.3 Å². The molecule has 2 aromatic rings. The van der Waals surface area contributed by atoms with Gasteiger partial charge in [-0.05, 0) is 35.9 Å². The molecule has 4 nitrogen and oxygen atoms in total. The summed E-state index contributed by atoms with van der Waals surface area (Å²) in [5.41, 5.74) is 2.30. The van der Waals surface area contributed by atoms with Crippen molar-refractivity contribution in [1.29, 1.82) is 0 Å². The Morgan fingerprint density at radius 1 is 1.00 bits per heavy atom. The van der Waals surface area contributed by atoms with Gasteiger partial charge in [-0.2, -0.15) is 0 Å². The van der Waals surface area contributed by atoms with Crippen LogP contribution in [0.4, 0.5) is 5.69 Å². The second-order valence-electron chi connectivity index (χ2n) is 6.76. The summed E-state index contributed by atoms with van der Waals surface area (Å²) in [6.07, 6.45) is 2.02. The molecule has 0 bridgehead atoms. The van der Waals surface area contributed by atoms with Gasteiger partial charge in [0.25, 0.3) is 5.91 Å². The van der Waals surface area contributed by atoms with Gasteiger partial charge in [0.2, 0.25) is 0 Å². The maximum Gasteiger partial charge on any atom is 0.269 e. The lowest BCUT2D eigenvalue weighted by Crippen LogP contribution is -2.30. The molecule has 1 amide bonds. The van der Waals surface area contributed by atoms with Crippen LogP contribution in [-0.4, -0.2) is 29.6 Å². The van der Waals surface area contributed by atoms with Crippen molar-refractivity contribution in [2.45, 2.75) is 31.2 Å². The SMILES string of the molecule is CCCCN1C(=O)/C(=C2/Sc3ccccc3N2C)SC1=NCc1ccccc1. The Balaban J connectivity index is 1.64. The van der Waals surface area contributed by atoms with E-state index in [2.05, 4.69) is 36.1 Å². The van der Waals surface area contributed by atoms with E-state index in [0.717, 1.165) is 39.2 Å². The molecule has 4 rings (SSSR count). The molecule has 28 heavy (non-hydrogen) atoms. The van der Waals surface area contributed by atoms with E-state index < -0.39 is 0 Å². The molecule has 0 spiro atoms. The Labute approximate surface area is 174 Å². The predicted molar refractivity (Wildman–Crippen MR) is 120 cm³/mol. The van der Waals surface area contributed by atoms with Gasteiger partial charge in [-0.25, -0.2) is 0 Å². The van der Waals surface area contributed by atoms with Crippen molar-refractivity contribution in [3.05, 3.63) is 70.1 Å². The molecular formula is C22H23N3OS2. The van der Waals surface area contributed by atoms with Crippen LogP contribution in [0.5, 0.6) is 0 Å². The first-order chi connectivity index (χ1) is 13.7. The topological polar surface area (TPSA) is 35.9 Å². The van der Waals surface area contributed by atoms with Crippen LogP contribution in [0.2, 0.25) is 0 Å². The number of thioether (sulfide) groups is 2. The van der Waals surface area contributed by atoms with Gasteiger partial charge in [0.15, 0.2) is 5.17 Å². The minimum Gasteiger partial charge on any atom is -0.337 e. The Bertz CT molecular complexity index is 940.